The number of urea groups is 1. The van der Waals surface area contributed by atoms with Gasteiger partial charge in [0.15, 0.2) is 0 Å². The van der Waals surface area contributed by atoms with Crippen LogP contribution in [0.4, 0.5) is 42.5 Å². The summed E-state index contributed by atoms with van der Waals surface area (Å²) in [6.07, 6.45) is -5.67. The van der Waals surface area contributed by atoms with Gasteiger partial charge in [0.2, 0.25) is 0 Å². The van der Waals surface area contributed by atoms with Crippen LogP contribution in [-0.4, -0.2) is 6.03 Å². The smallest absolute Gasteiger partial charge is 0.308 e. The zero-order valence-electron chi connectivity index (χ0n) is 17.8. The van der Waals surface area contributed by atoms with Gasteiger partial charge in [-0.25, -0.2) is 4.79 Å². The fourth-order valence-electron chi connectivity index (χ4n) is 4.01. The topological polar surface area (TPSA) is 41.1 Å². The van der Waals surface area contributed by atoms with Gasteiger partial charge in [-0.1, -0.05) is 30.3 Å². The van der Waals surface area contributed by atoms with Crippen LogP contribution in [0.3, 0.4) is 0 Å². The predicted octanol–water partition coefficient (Wildman–Crippen LogP) is 7.91. The third-order valence-electron chi connectivity index (χ3n) is 5.65. The Labute approximate surface area is 191 Å². The lowest BCUT2D eigenvalue weighted by Crippen LogP contribution is -2.20. The summed E-state index contributed by atoms with van der Waals surface area (Å²) >= 11 is 0. The summed E-state index contributed by atoms with van der Waals surface area (Å²) in [6, 6.07) is 13.0. The van der Waals surface area contributed by atoms with Crippen LogP contribution in [0.2, 0.25) is 0 Å². The van der Waals surface area contributed by atoms with Crippen molar-refractivity contribution in [2.45, 2.75) is 38.0 Å². The van der Waals surface area contributed by atoms with E-state index in [0.29, 0.717) is 17.8 Å². The second-order valence-corrected chi connectivity index (χ2v) is 8.15. The molecule has 1 aliphatic carbocycles. The molecule has 0 saturated carbocycles. The van der Waals surface area contributed by atoms with Crippen LogP contribution in [0, 0.1) is 0 Å². The molecule has 3 aromatic rings. The summed E-state index contributed by atoms with van der Waals surface area (Å²) in [7, 11) is 0. The van der Waals surface area contributed by atoms with Crippen molar-refractivity contribution in [2.75, 3.05) is 10.6 Å². The third kappa shape index (κ3) is 5.52. The molecular formula is C25H20F6N2O. The fraction of sp³-hybridized carbons (Fsp3) is 0.240. The monoisotopic (exact) mass is 478 g/mol. The SMILES string of the molecule is O=C(Nc1cccc(-c2ccc3c(c2)CCCC3)c1)Nc1cc(C(F)(F)F)cc(C(F)(F)F)c1. The van der Waals surface area contributed by atoms with Crippen LogP contribution in [0.25, 0.3) is 11.1 Å². The number of halogens is 6. The molecule has 1 aliphatic rings. The van der Waals surface area contributed by atoms with Crippen molar-refractivity contribution >= 4 is 17.4 Å². The zero-order chi connectivity index (χ0) is 24.5. The lowest BCUT2D eigenvalue weighted by molar-refractivity contribution is -0.143. The van der Waals surface area contributed by atoms with E-state index in [2.05, 4.69) is 22.8 Å². The van der Waals surface area contributed by atoms with Gasteiger partial charge < -0.3 is 10.6 Å². The maximum atomic E-state index is 13.0. The second-order valence-electron chi connectivity index (χ2n) is 8.15. The molecule has 3 aromatic carbocycles. The first kappa shape index (κ1) is 23.7. The number of aryl methyl sites for hydroxylation is 2. The normalized spacial score (nSPS) is 13.8. The first-order valence-corrected chi connectivity index (χ1v) is 10.6. The second kappa shape index (κ2) is 9.04. The van der Waals surface area contributed by atoms with Crippen molar-refractivity contribution in [3.8, 4) is 11.1 Å². The van der Waals surface area contributed by atoms with E-state index in [1.807, 2.05) is 12.1 Å². The van der Waals surface area contributed by atoms with E-state index < -0.39 is 35.2 Å². The standard InChI is InChI=1S/C25H20F6N2O/c26-24(27,28)19-12-20(25(29,30)31)14-22(13-19)33-23(34)32-21-7-3-6-17(11-21)18-9-8-15-4-1-2-5-16(15)10-18/h3,6-14H,1-2,4-5H2,(H2,32,33,34). The number of hydrogen-bond donors (Lipinski definition) is 2. The van der Waals surface area contributed by atoms with Crippen molar-refractivity contribution in [3.05, 3.63) is 82.9 Å². The number of amides is 2. The Balaban J connectivity index is 1.53. The van der Waals surface area contributed by atoms with E-state index in [9.17, 15) is 31.1 Å². The Hall–Kier alpha value is -3.49. The molecule has 0 bridgehead atoms. The largest absolute Gasteiger partial charge is 0.416 e. The first-order valence-electron chi connectivity index (χ1n) is 10.6. The van der Waals surface area contributed by atoms with E-state index >= 15 is 0 Å². The van der Waals surface area contributed by atoms with E-state index in [1.54, 1.807) is 18.2 Å². The molecule has 0 heterocycles. The van der Waals surface area contributed by atoms with Crippen LogP contribution < -0.4 is 10.6 Å². The van der Waals surface area contributed by atoms with Gasteiger partial charge in [-0.3, -0.25) is 0 Å². The van der Waals surface area contributed by atoms with Crippen molar-refractivity contribution in [3.63, 3.8) is 0 Å². The Kier molecular flexibility index (Phi) is 6.29. The molecule has 0 fully saturated rings. The van der Waals surface area contributed by atoms with E-state index in [-0.39, 0.29) is 6.07 Å². The Bertz CT molecular complexity index is 1180. The fourth-order valence-corrected chi connectivity index (χ4v) is 4.01. The Morgan fingerprint density at radius 1 is 0.647 bits per heavy atom. The van der Waals surface area contributed by atoms with Crippen LogP contribution in [0.1, 0.15) is 35.1 Å². The number of hydrogen-bond acceptors (Lipinski definition) is 1. The van der Waals surface area contributed by atoms with Gasteiger partial charge in [0.1, 0.15) is 0 Å². The number of carbonyl (C=O) groups excluding carboxylic acids is 1. The molecule has 4 rings (SSSR count). The molecular weight excluding hydrogens is 458 g/mol. The number of nitrogens with one attached hydrogen (secondary N) is 2. The Morgan fingerprint density at radius 3 is 1.88 bits per heavy atom. The van der Waals surface area contributed by atoms with E-state index in [0.717, 1.165) is 36.8 Å². The summed E-state index contributed by atoms with van der Waals surface area (Å²) in [5.74, 6) is 0. The highest BCUT2D eigenvalue weighted by Gasteiger charge is 2.37. The summed E-state index contributed by atoms with van der Waals surface area (Å²) < 4.78 is 78.2. The van der Waals surface area contributed by atoms with Crippen LogP contribution in [0.15, 0.2) is 60.7 Å². The average Bonchev–Trinajstić information content (AvgIpc) is 2.77. The quantitative estimate of drug-likeness (QED) is 0.369. The van der Waals surface area contributed by atoms with Gasteiger partial charge >= 0.3 is 18.4 Å². The highest BCUT2D eigenvalue weighted by molar-refractivity contribution is 6.00. The average molecular weight is 478 g/mol. The number of benzene rings is 3. The van der Waals surface area contributed by atoms with E-state index in [1.165, 1.54) is 11.1 Å². The third-order valence-corrected chi connectivity index (χ3v) is 5.65. The molecule has 34 heavy (non-hydrogen) atoms. The molecule has 2 amide bonds. The number of fused-ring (bicyclic) bond motifs is 1. The lowest BCUT2D eigenvalue weighted by Gasteiger charge is -2.17. The summed E-state index contributed by atoms with van der Waals surface area (Å²) in [6.45, 7) is 0. The van der Waals surface area contributed by atoms with Crippen LogP contribution in [-0.2, 0) is 25.2 Å². The number of alkyl halides is 6. The number of carbonyl (C=O) groups is 1. The molecule has 9 heteroatoms. The highest BCUT2D eigenvalue weighted by atomic mass is 19.4. The minimum absolute atomic E-state index is 0.00510. The molecule has 0 aromatic heterocycles. The van der Waals surface area contributed by atoms with Crippen molar-refractivity contribution < 1.29 is 31.1 Å². The predicted molar refractivity (Wildman–Crippen MR) is 118 cm³/mol. The van der Waals surface area contributed by atoms with Gasteiger partial charge in [-0.2, -0.15) is 26.3 Å². The summed E-state index contributed by atoms with van der Waals surface area (Å²) in [4.78, 5) is 12.4. The van der Waals surface area contributed by atoms with Gasteiger partial charge in [-0.05, 0) is 78.3 Å². The van der Waals surface area contributed by atoms with Crippen molar-refractivity contribution in [1.29, 1.82) is 0 Å². The van der Waals surface area contributed by atoms with Gasteiger partial charge in [0.05, 0.1) is 11.1 Å². The molecule has 0 unspecified atom stereocenters. The maximum Gasteiger partial charge on any atom is 0.416 e. The minimum atomic E-state index is -5.00. The molecule has 178 valence electrons. The molecule has 0 spiro atoms. The molecule has 0 saturated heterocycles. The van der Waals surface area contributed by atoms with Crippen molar-refractivity contribution in [2.24, 2.45) is 0 Å². The first-order chi connectivity index (χ1) is 16.0. The molecule has 0 atom stereocenters. The number of anilines is 2. The molecule has 0 radical (unpaired) electrons. The lowest BCUT2D eigenvalue weighted by atomic mass is 9.89. The highest BCUT2D eigenvalue weighted by Crippen LogP contribution is 2.37. The number of rotatable bonds is 3. The molecule has 3 nitrogen and oxygen atoms in total. The van der Waals surface area contributed by atoms with Crippen LogP contribution in [0.5, 0.6) is 0 Å². The maximum absolute atomic E-state index is 13.0. The van der Waals surface area contributed by atoms with Crippen LogP contribution >= 0.6 is 0 Å². The zero-order valence-corrected chi connectivity index (χ0v) is 17.8. The van der Waals surface area contributed by atoms with Gasteiger partial charge in [-0.15, -0.1) is 0 Å². The molecule has 2 N–H and O–H groups in total. The molecule has 0 aliphatic heterocycles. The Morgan fingerprint density at radius 2 is 1.24 bits per heavy atom. The van der Waals surface area contributed by atoms with Gasteiger partial charge in [0.25, 0.3) is 0 Å². The van der Waals surface area contributed by atoms with Crippen molar-refractivity contribution in [1.82, 2.24) is 0 Å². The van der Waals surface area contributed by atoms with E-state index in [4.69, 9.17) is 0 Å². The summed E-state index contributed by atoms with van der Waals surface area (Å²) in [5, 5.41) is 4.53. The van der Waals surface area contributed by atoms with Gasteiger partial charge in [0, 0.05) is 11.4 Å². The minimum Gasteiger partial charge on any atom is -0.308 e. The summed E-state index contributed by atoms with van der Waals surface area (Å²) in [5.41, 5.74) is 1.09.